The molecule has 0 aliphatic heterocycles. The van der Waals surface area contributed by atoms with Crippen LogP contribution in [0.2, 0.25) is 5.02 Å². The average Bonchev–Trinajstić information content (AvgIpc) is 2.64. The number of carbonyl (C=O) groups excluding carboxylic acids is 1. The molecule has 1 aromatic rings. The highest BCUT2D eigenvalue weighted by Crippen LogP contribution is 2.21. The Labute approximate surface area is 98.8 Å². The molecule has 84 valence electrons. The molecule has 2 N–H and O–H groups in total. The lowest BCUT2D eigenvalue weighted by Crippen LogP contribution is -2.26. The predicted octanol–water partition coefficient (Wildman–Crippen LogP) is 2.13. The normalized spacial score (nSPS) is 10.3. The maximum Gasteiger partial charge on any atom is 0.262 e. The Kier molecular flexibility index (Phi) is 5.68. The summed E-state index contributed by atoms with van der Waals surface area (Å²) in [4.78, 5) is 12.2. The Bertz CT molecular complexity index is 314. The molecule has 0 aromatic carbocycles. The zero-order chi connectivity index (χ0) is 11.1. The molecular formula is C10H15ClN2OS. The summed E-state index contributed by atoms with van der Waals surface area (Å²) < 4.78 is 0. The van der Waals surface area contributed by atoms with Crippen LogP contribution in [0.4, 0.5) is 0 Å². The molecular weight excluding hydrogens is 232 g/mol. The van der Waals surface area contributed by atoms with Gasteiger partial charge in [0.15, 0.2) is 0 Å². The van der Waals surface area contributed by atoms with E-state index in [1.54, 1.807) is 6.07 Å². The number of amides is 1. The average molecular weight is 247 g/mol. The number of hydrogen-bond acceptors (Lipinski definition) is 3. The molecule has 15 heavy (non-hydrogen) atoms. The van der Waals surface area contributed by atoms with E-state index in [0.717, 1.165) is 19.5 Å². The van der Waals surface area contributed by atoms with Gasteiger partial charge >= 0.3 is 0 Å². The fourth-order valence-electron chi connectivity index (χ4n) is 1.13. The first-order valence-electron chi connectivity index (χ1n) is 4.97. The third-order valence-corrected chi connectivity index (χ3v) is 3.23. The van der Waals surface area contributed by atoms with E-state index in [1.807, 2.05) is 5.38 Å². The fraction of sp³-hybridized carbons (Fsp3) is 0.500. The van der Waals surface area contributed by atoms with Crippen molar-refractivity contribution in [2.45, 2.75) is 13.3 Å². The first kappa shape index (κ1) is 12.5. The van der Waals surface area contributed by atoms with Crippen LogP contribution in [0.15, 0.2) is 11.4 Å². The molecule has 0 bridgehead atoms. The molecule has 0 radical (unpaired) electrons. The summed E-state index contributed by atoms with van der Waals surface area (Å²) in [5.41, 5.74) is 0. The summed E-state index contributed by atoms with van der Waals surface area (Å²) in [6, 6.07) is 1.74. The second-order valence-corrected chi connectivity index (χ2v) is 4.38. The van der Waals surface area contributed by atoms with Gasteiger partial charge in [0, 0.05) is 6.54 Å². The van der Waals surface area contributed by atoms with E-state index < -0.39 is 0 Å². The van der Waals surface area contributed by atoms with Crippen LogP contribution < -0.4 is 10.6 Å². The fourth-order valence-corrected chi connectivity index (χ4v) is 2.19. The van der Waals surface area contributed by atoms with E-state index in [-0.39, 0.29) is 5.91 Å². The van der Waals surface area contributed by atoms with Crippen molar-refractivity contribution in [3.63, 3.8) is 0 Å². The number of hydrogen-bond donors (Lipinski definition) is 2. The molecule has 1 aromatic heterocycles. The summed E-state index contributed by atoms with van der Waals surface area (Å²) in [5, 5.41) is 8.37. The Morgan fingerprint density at radius 2 is 2.33 bits per heavy atom. The van der Waals surface area contributed by atoms with Crippen molar-refractivity contribution in [1.82, 2.24) is 10.6 Å². The van der Waals surface area contributed by atoms with Gasteiger partial charge in [0.2, 0.25) is 0 Å². The zero-order valence-electron chi connectivity index (χ0n) is 8.68. The number of rotatable bonds is 6. The SMILES string of the molecule is CCNCCCNC(=O)c1sccc1Cl. The van der Waals surface area contributed by atoms with E-state index >= 15 is 0 Å². The van der Waals surface area contributed by atoms with Crippen LogP contribution in [0.1, 0.15) is 23.0 Å². The van der Waals surface area contributed by atoms with E-state index in [9.17, 15) is 4.79 Å². The van der Waals surface area contributed by atoms with Gasteiger partial charge in [-0.3, -0.25) is 4.79 Å². The Hall–Kier alpha value is -0.580. The summed E-state index contributed by atoms with van der Waals surface area (Å²) in [6.07, 6.45) is 0.933. The van der Waals surface area contributed by atoms with Crippen molar-refractivity contribution in [3.8, 4) is 0 Å². The summed E-state index contributed by atoms with van der Waals surface area (Å²) >= 11 is 7.20. The van der Waals surface area contributed by atoms with Crippen molar-refractivity contribution >= 4 is 28.8 Å². The third-order valence-electron chi connectivity index (χ3n) is 1.89. The molecule has 0 spiro atoms. The largest absolute Gasteiger partial charge is 0.351 e. The molecule has 1 rings (SSSR count). The topological polar surface area (TPSA) is 41.1 Å². The van der Waals surface area contributed by atoms with Gasteiger partial charge in [-0.25, -0.2) is 0 Å². The molecule has 0 saturated heterocycles. The Morgan fingerprint density at radius 1 is 1.53 bits per heavy atom. The summed E-state index contributed by atoms with van der Waals surface area (Å²) in [5.74, 6) is -0.0773. The van der Waals surface area contributed by atoms with Gasteiger partial charge in [-0.1, -0.05) is 18.5 Å². The number of thiophene rings is 1. The standard InChI is InChI=1S/C10H15ClN2OS/c1-2-12-5-3-6-13-10(14)9-8(11)4-7-15-9/h4,7,12H,2-3,5-6H2,1H3,(H,13,14). The lowest BCUT2D eigenvalue weighted by molar-refractivity contribution is 0.0957. The van der Waals surface area contributed by atoms with Gasteiger partial charge < -0.3 is 10.6 Å². The summed E-state index contributed by atoms with van der Waals surface area (Å²) in [7, 11) is 0. The van der Waals surface area contributed by atoms with E-state index in [4.69, 9.17) is 11.6 Å². The van der Waals surface area contributed by atoms with E-state index in [1.165, 1.54) is 11.3 Å². The van der Waals surface area contributed by atoms with Crippen LogP contribution in [0.3, 0.4) is 0 Å². The van der Waals surface area contributed by atoms with Crippen LogP contribution in [0, 0.1) is 0 Å². The number of halogens is 1. The predicted molar refractivity (Wildman–Crippen MR) is 64.8 cm³/mol. The van der Waals surface area contributed by atoms with E-state index in [0.29, 0.717) is 16.4 Å². The quantitative estimate of drug-likeness (QED) is 0.755. The molecule has 0 aliphatic rings. The molecule has 1 amide bonds. The van der Waals surface area contributed by atoms with Gasteiger partial charge in [-0.2, -0.15) is 0 Å². The van der Waals surface area contributed by atoms with Crippen LogP contribution in [0.25, 0.3) is 0 Å². The van der Waals surface area contributed by atoms with Gasteiger partial charge in [0.05, 0.1) is 5.02 Å². The lowest BCUT2D eigenvalue weighted by atomic mass is 10.4. The van der Waals surface area contributed by atoms with Gasteiger partial charge in [-0.05, 0) is 31.0 Å². The van der Waals surface area contributed by atoms with Crippen molar-refractivity contribution in [2.24, 2.45) is 0 Å². The number of carbonyl (C=O) groups is 1. The van der Waals surface area contributed by atoms with Gasteiger partial charge in [-0.15, -0.1) is 11.3 Å². The summed E-state index contributed by atoms with van der Waals surface area (Å²) in [6.45, 7) is 4.63. The third kappa shape index (κ3) is 4.20. The minimum Gasteiger partial charge on any atom is -0.351 e. The van der Waals surface area contributed by atoms with Crippen LogP contribution in [-0.2, 0) is 0 Å². The maximum atomic E-state index is 11.6. The van der Waals surface area contributed by atoms with Crippen molar-refractivity contribution in [1.29, 1.82) is 0 Å². The molecule has 0 saturated carbocycles. The Morgan fingerprint density at radius 3 is 2.93 bits per heavy atom. The van der Waals surface area contributed by atoms with Crippen LogP contribution in [0.5, 0.6) is 0 Å². The minimum absolute atomic E-state index is 0.0773. The van der Waals surface area contributed by atoms with Crippen molar-refractivity contribution in [3.05, 3.63) is 21.3 Å². The second-order valence-electron chi connectivity index (χ2n) is 3.06. The highest BCUT2D eigenvalue weighted by Gasteiger charge is 2.10. The highest BCUT2D eigenvalue weighted by atomic mass is 35.5. The molecule has 0 aliphatic carbocycles. The zero-order valence-corrected chi connectivity index (χ0v) is 10.3. The smallest absolute Gasteiger partial charge is 0.262 e. The Balaban J connectivity index is 2.22. The molecule has 0 fully saturated rings. The van der Waals surface area contributed by atoms with Crippen molar-refractivity contribution in [2.75, 3.05) is 19.6 Å². The molecule has 3 nitrogen and oxygen atoms in total. The van der Waals surface area contributed by atoms with Gasteiger partial charge in [0.25, 0.3) is 5.91 Å². The first-order chi connectivity index (χ1) is 7.25. The van der Waals surface area contributed by atoms with Crippen LogP contribution >= 0.6 is 22.9 Å². The first-order valence-corrected chi connectivity index (χ1v) is 6.23. The maximum absolute atomic E-state index is 11.6. The van der Waals surface area contributed by atoms with Crippen molar-refractivity contribution < 1.29 is 4.79 Å². The monoisotopic (exact) mass is 246 g/mol. The van der Waals surface area contributed by atoms with Crippen LogP contribution in [-0.4, -0.2) is 25.5 Å². The molecule has 1 heterocycles. The number of nitrogens with one attached hydrogen (secondary N) is 2. The van der Waals surface area contributed by atoms with Gasteiger partial charge in [0.1, 0.15) is 4.88 Å². The lowest BCUT2D eigenvalue weighted by Gasteiger charge is -2.04. The minimum atomic E-state index is -0.0773. The molecule has 0 unspecified atom stereocenters. The molecule has 0 atom stereocenters. The van der Waals surface area contributed by atoms with E-state index in [2.05, 4.69) is 17.6 Å². The highest BCUT2D eigenvalue weighted by molar-refractivity contribution is 7.12. The molecule has 5 heteroatoms. The second kappa shape index (κ2) is 6.82.